The van der Waals surface area contributed by atoms with E-state index in [1.807, 2.05) is 0 Å². The lowest BCUT2D eigenvalue weighted by atomic mass is 9.90. The van der Waals surface area contributed by atoms with Gasteiger partial charge in [0.05, 0.1) is 12.7 Å². The summed E-state index contributed by atoms with van der Waals surface area (Å²) in [6.45, 7) is 6.82. The van der Waals surface area contributed by atoms with Gasteiger partial charge >= 0.3 is 0 Å². The van der Waals surface area contributed by atoms with E-state index >= 15 is 0 Å². The van der Waals surface area contributed by atoms with Crippen LogP contribution in [0.25, 0.3) is 0 Å². The number of hydrogen-bond acceptors (Lipinski definition) is 3. The zero-order valence-electron chi connectivity index (χ0n) is 13.0. The monoisotopic (exact) mass is 281 g/mol. The van der Waals surface area contributed by atoms with Crippen molar-refractivity contribution in [3.05, 3.63) is 0 Å². The Bertz CT molecular complexity index is 301. The molecule has 3 heteroatoms. The normalized spacial score (nSPS) is 36.6. The predicted octanol–water partition coefficient (Wildman–Crippen LogP) is 2.53. The summed E-state index contributed by atoms with van der Waals surface area (Å²) in [5, 5.41) is 10.1. The van der Waals surface area contributed by atoms with Gasteiger partial charge in [0.2, 0.25) is 0 Å². The smallest absolute Gasteiger partial charge is 0.0900 e. The lowest BCUT2D eigenvalue weighted by Gasteiger charge is -2.31. The fourth-order valence-electron chi connectivity index (χ4n) is 4.53. The molecule has 3 rings (SSSR count). The van der Waals surface area contributed by atoms with E-state index in [1.165, 1.54) is 38.5 Å². The number of ether oxygens (including phenoxy) is 1. The van der Waals surface area contributed by atoms with Gasteiger partial charge in [-0.1, -0.05) is 13.3 Å². The first kappa shape index (κ1) is 14.8. The third-order valence-corrected chi connectivity index (χ3v) is 5.87. The van der Waals surface area contributed by atoms with Crippen molar-refractivity contribution in [3.8, 4) is 0 Å². The van der Waals surface area contributed by atoms with Crippen molar-refractivity contribution in [2.24, 2.45) is 23.7 Å². The molecule has 3 aliphatic rings. The number of aliphatic hydroxyl groups excluding tert-OH is 1. The van der Waals surface area contributed by atoms with E-state index in [0.717, 1.165) is 49.9 Å². The summed E-state index contributed by atoms with van der Waals surface area (Å²) in [6.07, 6.45) is 7.96. The molecule has 2 bridgehead atoms. The fourth-order valence-corrected chi connectivity index (χ4v) is 4.53. The molecule has 1 aliphatic heterocycles. The van der Waals surface area contributed by atoms with Gasteiger partial charge in [0.15, 0.2) is 0 Å². The molecule has 2 aliphatic carbocycles. The quantitative estimate of drug-likeness (QED) is 0.812. The van der Waals surface area contributed by atoms with Crippen molar-refractivity contribution in [3.63, 3.8) is 0 Å². The van der Waals surface area contributed by atoms with Gasteiger partial charge in [0, 0.05) is 13.2 Å². The van der Waals surface area contributed by atoms with E-state index in [1.54, 1.807) is 0 Å². The highest BCUT2D eigenvalue weighted by Gasteiger charge is 2.39. The Hall–Kier alpha value is -0.120. The molecule has 3 nitrogen and oxygen atoms in total. The highest BCUT2D eigenvalue weighted by atomic mass is 16.5. The fraction of sp³-hybridized carbons (Fsp3) is 1.00. The van der Waals surface area contributed by atoms with E-state index < -0.39 is 0 Å². The maximum Gasteiger partial charge on any atom is 0.0900 e. The van der Waals surface area contributed by atoms with Gasteiger partial charge < -0.3 is 14.7 Å². The van der Waals surface area contributed by atoms with Crippen LogP contribution in [0.15, 0.2) is 0 Å². The van der Waals surface area contributed by atoms with Gasteiger partial charge in [0.25, 0.3) is 0 Å². The van der Waals surface area contributed by atoms with Crippen LogP contribution in [0.1, 0.15) is 45.4 Å². The summed E-state index contributed by atoms with van der Waals surface area (Å²) in [5.74, 6) is 3.57. The number of rotatable bonds is 6. The zero-order valence-corrected chi connectivity index (χ0v) is 13.0. The molecule has 1 heterocycles. The van der Waals surface area contributed by atoms with Gasteiger partial charge in [-0.05, 0) is 68.9 Å². The predicted molar refractivity (Wildman–Crippen MR) is 80.6 cm³/mol. The number of likely N-dealkylation sites (tertiary alicyclic amines) is 1. The molecule has 0 radical (unpaired) electrons. The Balaban J connectivity index is 1.28. The minimum Gasteiger partial charge on any atom is -0.389 e. The summed E-state index contributed by atoms with van der Waals surface area (Å²) >= 11 is 0. The summed E-state index contributed by atoms with van der Waals surface area (Å²) in [6, 6.07) is 0. The first-order valence-electron chi connectivity index (χ1n) is 8.69. The lowest BCUT2D eigenvalue weighted by Crippen LogP contribution is -2.40. The molecule has 0 aromatic heterocycles. The summed E-state index contributed by atoms with van der Waals surface area (Å²) in [5.41, 5.74) is 0. The molecular formula is C17H31NO2. The standard InChI is InChI=1S/C17H31NO2/c1-13-4-6-18(7-5-13)10-17(19)12-20-11-16-9-14-2-3-15(16)8-14/h13-17,19H,2-12H2,1H3/t14-,15-,16+,17-/m0/s1. The summed E-state index contributed by atoms with van der Waals surface area (Å²) in [4.78, 5) is 2.39. The van der Waals surface area contributed by atoms with Crippen molar-refractivity contribution >= 4 is 0 Å². The van der Waals surface area contributed by atoms with Gasteiger partial charge in [-0.25, -0.2) is 0 Å². The second kappa shape index (κ2) is 6.76. The van der Waals surface area contributed by atoms with Crippen LogP contribution in [0, 0.1) is 23.7 Å². The van der Waals surface area contributed by atoms with Gasteiger partial charge in [-0.3, -0.25) is 0 Å². The molecule has 1 N–H and O–H groups in total. The van der Waals surface area contributed by atoms with E-state index in [0.29, 0.717) is 6.61 Å². The molecule has 3 fully saturated rings. The molecule has 0 unspecified atom stereocenters. The maximum absolute atomic E-state index is 10.1. The Morgan fingerprint density at radius 3 is 2.60 bits per heavy atom. The number of aliphatic hydroxyl groups is 1. The minimum absolute atomic E-state index is 0.304. The molecule has 0 spiro atoms. The number of nitrogens with zero attached hydrogens (tertiary/aromatic N) is 1. The topological polar surface area (TPSA) is 32.7 Å². The summed E-state index contributed by atoms with van der Waals surface area (Å²) in [7, 11) is 0. The van der Waals surface area contributed by atoms with Crippen molar-refractivity contribution in [1.29, 1.82) is 0 Å². The van der Waals surface area contributed by atoms with Crippen LogP contribution >= 0.6 is 0 Å². The Labute approximate surface area is 123 Å². The second-order valence-corrected chi connectivity index (χ2v) is 7.61. The van der Waals surface area contributed by atoms with Crippen LogP contribution in [0.4, 0.5) is 0 Å². The first-order valence-corrected chi connectivity index (χ1v) is 8.69. The average Bonchev–Trinajstić information content (AvgIpc) is 3.04. The van der Waals surface area contributed by atoms with E-state index in [-0.39, 0.29) is 6.10 Å². The number of hydrogen-bond donors (Lipinski definition) is 1. The van der Waals surface area contributed by atoms with Crippen molar-refractivity contribution < 1.29 is 9.84 Å². The Morgan fingerprint density at radius 2 is 1.95 bits per heavy atom. The molecule has 1 saturated heterocycles. The average molecular weight is 281 g/mol. The molecule has 0 aromatic rings. The largest absolute Gasteiger partial charge is 0.389 e. The molecule has 2 saturated carbocycles. The SMILES string of the molecule is CC1CCN(C[C@H](O)COC[C@H]2C[C@H]3CC[C@H]2C3)CC1. The second-order valence-electron chi connectivity index (χ2n) is 7.61. The molecule has 116 valence electrons. The van der Waals surface area contributed by atoms with Crippen molar-refractivity contribution in [1.82, 2.24) is 4.90 Å². The Kier molecular flexibility index (Phi) is 5.00. The van der Waals surface area contributed by atoms with Crippen LogP contribution in [0.3, 0.4) is 0 Å². The van der Waals surface area contributed by atoms with Crippen LogP contribution in [0.2, 0.25) is 0 Å². The number of β-amino-alcohol motifs (C(OH)–C–C–N with tert-alkyl or cyclic N) is 1. The molecule has 0 amide bonds. The van der Waals surface area contributed by atoms with Crippen LogP contribution in [-0.4, -0.2) is 49.0 Å². The third kappa shape index (κ3) is 3.75. The number of piperidine rings is 1. The lowest BCUT2D eigenvalue weighted by molar-refractivity contribution is -0.00595. The number of fused-ring (bicyclic) bond motifs is 2. The molecule has 4 atom stereocenters. The van der Waals surface area contributed by atoms with Gasteiger partial charge in [-0.2, -0.15) is 0 Å². The first-order chi connectivity index (χ1) is 9.70. The van der Waals surface area contributed by atoms with Gasteiger partial charge in [0.1, 0.15) is 0 Å². The van der Waals surface area contributed by atoms with Crippen molar-refractivity contribution in [2.75, 3.05) is 32.8 Å². The van der Waals surface area contributed by atoms with Crippen LogP contribution < -0.4 is 0 Å². The molecular weight excluding hydrogens is 250 g/mol. The van der Waals surface area contributed by atoms with Gasteiger partial charge in [-0.15, -0.1) is 0 Å². The van der Waals surface area contributed by atoms with E-state index in [2.05, 4.69) is 11.8 Å². The minimum atomic E-state index is -0.304. The zero-order chi connectivity index (χ0) is 13.9. The summed E-state index contributed by atoms with van der Waals surface area (Å²) < 4.78 is 5.82. The maximum atomic E-state index is 10.1. The van der Waals surface area contributed by atoms with E-state index in [4.69, 9.17) is 4.74 Å². The van der Waals surface area contributed by atoms with Crippen molar-refractivity contribution in [2.45, 2.75) is 51.6 Å². The third-order valence-electron chi connectivity index (χ3n) is 5.87. The highest BCUT2D eigenvalue weighted by molar-refractivity contribution is 4.89. The molecule has 0 aromatic carbocycles. The van der Waals surface area contributed by atoms with Crippen LogP contribution in [-0.2, 0) is 4.74 Å². The van der Waals surface area contributed by atoms with Crippen LogP contribution in [0.5, 0.6) is 0 Å². The highest BCUT2D eigenvalue weighted by Crippen LogP contribution is 2.48. The van der Waals surface area contributed by atoms with E-state index in [9.17, 15) is 5.11 Å². The molecule has 20 heavy (non-hydrogen) atoms. The Morgan fingerprint density at radius 1 is 1.15 bits per heavy atom.